The van der Waals surface area contributed by atoms with Crippen LogP contribution in [0.3, 0.4) is 0 Å². The Morgan fingerprint density at radius 2 is 2.00 bits per heavy atom. The predicted molar refractivity (Wildman–Crippen MR) is 122 cm³/mol. The van der Waals surface area contributed by atoms with Crippen LogP contribution in [0.15, 0.2) is 52.3 Å². The van der Waals surface area contributed by atoms with Gasteiger partial charge in [-0.3, -0.25) is 0 Å². The summed E-state index contributed by atoms with van der Waals surface area (Å²) in [5.74, 6) is 0.619. The fourth-order valence-corrected chi connectivity index (χ4v) is 5.74. The second-order valence-electron chi connectivity index (χ2n) is 7.03. The Hall–Kier alpha value is -1.87. The maximum atomic E-state index is 11.6. The van der Waals surface area contributed by atoms with Crippen molar-refractivity contribution < 1.29 is 13.2 Å². The molecule has 2 N–H and O–H groups in total. The van der Waals surface area contributed by atoms with Gasteiger partial charge in [0.15, 0.2) is 6.10 Å². The third-order valence-corrected chi connectivity index (χ3v) is 7.43. The molecule has 1 aliphatic heterocycles. The van der Waals surface area contributed by atoms with Gasteiger partial charge in [0.05, 0.1) is 14.4 Å². The lowest BCUT2D eigenvalue weighted by Crippen LogP contribution is -2.21. The lowest BCUT2D eigenvalue weighted by molar-refractivity contribution is 0.247. The third-order valence-electron chi connectivity index (χ3n) is 5.02. The minimum absolute atomic E-state index is 0.204. The van der Waals surface area contributed by atoms with Gasteiger partial charge in [0.25, 0.3) is 0 Å². The number of fused-ring (bicyclic) bond motifs is 3. The van der Waals surface area contributed by atoms with E-state index in [2.05, 4.69) is 33.8 Å². The van der Waals surface area contributed by atoms with Gasteiger partial charge in [-0.15, -0.1) is 11.3 Å². The van der Waals surface area contributed by atoms with Crippen LogP contribution in [0.2, 0.25) is 0 Å². The molecule has 29 heavy (non-hydrogen) atoms. The van der Waals surface area contributed by atoms with Crippen molar-refractivity contribution >= 4 is 43.0 Å². The number of rotatable bonds is 5. The quantitative estimate of drug-likeness (QED) is 0.549. The van der Waals surface area contributed by atoms with Gasteiger partial charge in [0, 0.05) is 30.4 Å². The van der Waals surface area contributed by atoms with Gasteiger partial charge in [0.2, 0.25) is 10.0 Å². The van der Waals surface area contributed by atoms with Crippen LogP contribution in [0.25, 0.3) is 11.1 Å². The molecule has 152 valence electrons. The van der Waals surface area contributed by atoms with Crippen LogP contribution in [0.1, 0.15) is 29.0 Å². The maximum absolute atomic E-state index is 11.6. The van der Waals surface area contributed by atoms with Crippen molar-refractivity contribution in [2.24, 2.45) is 5.14 Å². The minimum Gasteiger partial charge on any atom is -0.479 e. The van der Waals surface area contributed by atoms with E-state index in [1.807, 2.05) is 49.5 Å². The van der Waals surface area contributed by atoms with Crippen LogP contribution in [0.5, 0.6) is 5.75 Å². The average molecular weight is 493 g/mol. The third kappa shape index (κ3) is 4.07. The Balaban J connectivity index is 1.93. The van der Waals surface area contributed by atoms with Crippen LogP contribution >= 0.6 is 27.3 Å². The molecule has 1 aliphatic rings. The summed E-state index contributed by atoms with van der Waals surface area (Å²) in [4.78, 5) is 3.22. The van der Waals surface area contributed by atoms with Gasteiger partial charge < -0.3 is 9.64 Å². The maximum Gasteiger partial charge on any atom is 0.213 e. The van der Waals surface area contributed by atoms with Gasteiger partial charge in [-0.05, 0) is 58.2 Å². The van der Waals surface area contributed by atoms with E-state index in [0.29, 0.717) is 5.56 Å². The predicted octanol–water partition coefficient (Wildman–Crippen LogP) is 4.90. The van der Waals surface area contributed by atoms with Crippen molar-refractivity contribution in [2.75, 3.05) is 18.5 Å². The van der Waals surface area contributed by atoms with E-state index in [1.165, 1.54) is 0 Å². The number of nitrogens with two attached hydrogens (primary N) is 1. The molecule has 0 amide bonds. The number of hydrogen-bond acceptors (Lipinski definition) is 5. The van der Waals surface area contributed by atoms with Crippen molar-refractivity contribution in [1.82, 2.24) is 0 Å². The first kappa shape index (κ1) is 20.4. The van der Waals surface area contributed by atoms with E-state index in [9.17, 15) is 8.42 Å². The summed E-state index contributed by atoms with van der Waals surface area (Å²) in [6.45, 7) is 2.96. The second kappa shape index (κ2) is 7.75. The Kier molecular flexibility index (Phi) is 5.46. The summed E-state index contributed by atoms with van der Waals surface area (Å²) in [6.07, 6.45) is -0.309. The fourth-order valence-electron chi connectivity index (χ4n) is 3.63. The lowest BCUT2D eigenvalue weighted by atomic mass is 9.89. The largest absolute Gasteiger partial charge is 0.479 e. The van der Waals surface area contributed by atoms with Crippen LogP contribution in [-0.2, 0) is 15.8 Å². The molecule has 4 rings (SSSR count). The van der Waals surface area contributed by atoms with Gasteiger partial charge in [-0.1, -0.05) is 24.3 Å². The van der Waals surface area contributed by atoms with Gasteiger partial charge in [0.1, 0.15) is 5.75 Å². The zero-order valence-corrected chi connectivity index (χ0v) is 19.3. The number of primary sulfonamides is 1. The first-order valence-corrected chi connectivity index (χ1v) is 12.5. The molecule has 2 aromatic carbocycles. The second-order valence-corrected chi connectivity index (χ2v) is 11.1. The zero-order valence-electron chi connectivity index (χ0n) is 16.1. The summed E-state index contributed by atoms with van der Waals surface area (Å²) < 4.78 is 30.8. The molecule has 3 aromatic rings. The van der Waals surface area contributed by atoms with Crippen LogP contribution in [0, 0.1) is 0 Å². The highest BCUT2D eigenvalue weighted by atomic mass is 79.9. The summed E-state index contributed by atoms with van der Waals surface area (Å²) in [6, 6.07) is 15.8. The van der Waals surface area contributed by atoms with Crippen LogP contribution in [-0.4, -0.2) is 22.0 Å². The molecule has 0 spiro atoms. The standard InChI is InChI=1S/C21H21BrN2O3S2/c1-3-24(2)16-5-4-6-17-20(16)14-8-7-13(12-29(23,25)26)11-15(14)21(27-17)18-9-10-19(22)28-18/h4-11,21H,3,12H2,1-2H3,(H2,23,25,26). The molecule has 5 nitrogen and oxygen atoms in total. The molecule has 0 radical (unpaired) electrons. The first-order chi connectivity index (χ1) is 13.8. The van der Waals surface area contributed by atoms with Crippen molar-refractivity contribution in [3.8, 4) is 16.9 Å². The van der Waals surface area contributed by atoms with E-state index in [0.717, 1.165) is 43.3 Å². The molecule has 0 saturated carbocycles. The molecule has 0 fully saturated rings. The molecular weight excluding hydrogens is 472 g/mol. The number of thiophene rings is 1. The summed E-state index contributed by atoms with van der Waals surface area (Å²) >= 11 is 5.13. The molecular formula is C21H21BrN2O3S2. The zero-order chi connectivity index (χ0) is 20.8. The molecule has 0 aliphatic carbocycles. The molecule has 8 heteroatoms. The van der Waals surface area contributed by atoms with Crippen molar-refractivity contribution in [3.05, 3.63) is 68.3 Å². The number of halogens is 1. The van der Waals surface area contributed by atoms with Gasteiger partial charge in [-0.2, -0.15) is 0 Å². The normalized spacial score (nSPS) is 15.4. The fraction of sp³-hybridized carbons (Fsp3) is 0.238. The Morgan fingerprint density at radius 1 is 1.21 bits per heavy atom. The Bertz CT molecular complexity index is 1170. The number of anilines is 1. The topological polar surface area (TPSA) is 72.6 Å². The van der Waals surface area contributed by atoms with E-state index >= 15 is 0 Å². The van der Waals surface area contributed by atoms with Crippen molar-refractivity contribution in [2.45, 2.75) is 18.8 Å². The van der Waals surface area contributed by atoms with E-state index < -0.39 is 10.0 Å². The molecule has 0 bridgehead atoms. The van der Waals surface area contributed by atoms with Crippen molar-refractivity contribution in [3.63, 3.8) is 0 Å². The Morgan fingerprint density at radius 3 is 2.66 bits per heavy atom. The minimum atomic E-state index is -3.62. The number of hydrogen-bond donors (Lipinski definition) is 1. The number of nitrogens with zero attached hydrogens (tertiary/aromatic N) is 1. The average Bonchev–Trinajstić information content (AvgIpc) is 3.11. The van der Waals surface area contributed by atoms with E-state index in [4.69, 9.17) is 9.88 Å². The van der Waals surface area contributed by atoms with Gasteiger partial charge in [-0.25, -0.2) is 13.6 Å². The lowest BCUT2D eigenvalue weighted by Gasteiger charge is -2.32. The summed E-state index contributed by atoms with van der Waals surface area (Å²) in [5.41, 5.74) is 4.76. The molecule has 1 aromatic heterocycles. The van der Waals surface area contributed by atoms with Crippen LogP contribution < -0.4 is 14.8 Å². The van der Waals surface area contributed by atoms with Crippen LogP contribution in [0.4, 0.5) is 5.69 Å². The number of ether oxygens (including phenoxy) is 1. The summed E-state index contributed by atoms with van der Waals surface area (Å²) in [7, 11) is -1.57. The van der Waals surface area contributed by atoms with E-state index in [1.54, 1.807) is 11.3 Å². The molecule has 1 unspecified atom stereocenters. The van der Waals surface area contributed by atoms with Gasteiger partial charge >= 0.3 is 0 Å². The smallest absolute Gasteiger partial charge is 0.213 e. The SMILES string of the molecule is CCN(C)c1cccc2c1-c1ccc(CS(N)(=O)=O)cc1C(c1ccc(Br)s1)O2. The number of benzene rings is 2. The monoisotopic (exact) mass is 492 g/mol. The molecule has 0 saturated heterocycles. The highest BCUT2D eigenvalue weighted by Gasteiger charge is 2.31. The van der Waals surface area contributed by atoms with Crippen molar-refractivity contribution in [1.29, 1.82) is 0 Å². The Labute approximate surface area is 183 Å². The highest BCUT2D eigenvalue weighted by Crippen LogP contribution is 2.50. The highest BCUT2D eigenvalue weighted by molar-refractivity contribution is 9.11. The first-order valence-electron chi connectivity index (χ1n) is 9.16. The molecule has 2 heterocycles. The van der Waals surface area contributed by atoms with E-state index in [-0.39, 0.29) is 11.9 Å². The number of sulfonamides is 1. The summed E-state index contributed by atoms with van der Waals surface area (Å²) in [5, 5.41) is 5.28. The molecule has 1 atom stereocenters.